The maximum Gasteiger partial charge on any atom is 0.407 e. The summed E-state index contributed by atoms with van der Waals surface area (Å²) in [6.45, 7) is 0.834. The molecule has 3 aromatic rings. The molecule has 25 heavy (non-hydrogen) atoms. The van der Waals surface area contributed by atoms with Crippen molar-refractivity contribution in [3.8, 4) is 0 Å². The summed E-state index contributed by atoms with van der Waals surface area (Å²) in [5, 5.41) is 10.2. The van der Waals surface area contributed by atoms with E-state index < -0.39 is 6.09 Å². The number of carbonyl (C=O) groups is 1. The van der Waals surface area contributed by atoms with Crippen LogP contribution < -0.4 is 5.56 Å². The Hall–Kier alpha value is -3.16. The summed E-state index contributed by atoms with van der Waals surface area (Å²) >= 11 is 0. The average molecular weight is 339 g/mol. The number of pyridine rings is 2. The van der Waals surface area contributed by atoms with Gasteiger partial charge in [0.1, 0.15) is 5.65 Å². The molecule has 3 aromatic heterocycles. The third-order valence-corrected chi connectivity index (χ3v) is 4.72. The molecular formula is C17H17N5O3. The number of hydrogen-bond acceptors (Lipinski definition) is 4. The number of rotatable bonds is 2. The Labute approximate surface area is 143 Å². The lowest BCUT2D eigenvalue weighted by Gasteiger charge is -2.27. The topological polar surface area (TPSA) is 93.3 Å². The highest BCUT2D eigenvalue weighted by Crippen LogP contribution is 2.24. The van der Waals surface area contributed by atoms with Gasteiger partial charge in [0.25, 0.3) is 5.56 Å². The molecule has 1 aliphatic rings. The first-order valence-electron chi connectivity index (χ1n) is 7.98. The van der Waals surface area contributed by atoms with Gasteiger partial charge in [-0.25, -0.2) is 14.8 Å². The van der Waals surface area contributed by atoms with Crippen molar-refractivity contribution in [1.29, 1.82) is 0 Å². The van der Waals surface area contributed by atoms with E-state index in [2.05, 4.69) is 9.97 Å². The van der Waals surface area contributed by atoms with Crippen LogP contribution in [0.2, 0.25) is 0 Å². The van der Waals surface area contributed by atoms with Crippen molar-refractivity contribution >= 4 is 17.1 Å². The van der Waals surface area contributed by atoms with Crippen LogP contribution in [0.25, 0.3) is 11.0 Å². The second-order valence-corrected chi connectivity index (χ2v) is 6.17. The number of aryl methyl sites for hydroxylation is 1. The third kappa shape index (κ3) is 2.46. The predicted molar refractivity (Wildman–Crippen MR) is 90.5 cm³/mol. The van der Waals surface area contributed by atoms with E-state index in [1.54, 1.807) is 23.3 Å². The Morgan fingerprint density at radius 1 is 1.36 bits per heavy atom. The van der Waals surface area contributed by atoms with Crippen molar-refractivity contribution in [3.63, 3.8) is 0 Å². The highest BCUT2D eigenvalue weighted by Gasteiger charge is 2.26. The van der Waals surface area contributed by atoms with Crippen molar-refractivity contribution in [2.45, 2.75) is 19.5 Å². The molecule has 0 aromatic carbocycles. The standard InChI is InChI=1S/C17H17N5O3/c1-20-10-18-7-11(20)8-22-15-13(3-2-5-19-15)12-4-6-21(17(24)25)9-14(12)16(22)23/h2-3,5,7,10H,4,6,8-9H2,1H3,(H,24,25). The van der Waals surface area contributed by atoms with Crippen LogP contribution >= 0.6 is 0 Å². The molecule has 0 saturated carbocycles. The van der Waals surface area contributed by atoms with E-state index in [0.717, 1.165) is 16.6 Å². The molecule has 0 saturated heterocycles. The molecule has 0 radical (unpaired) electrons. The van der Waals surface area contributed by atoms with Crippen molar-refractivity contribution in [2.24, 2.45) is 7.05 Å². The van der Waals surface area contributed by atoms with E-state index >= 15 is 0 Å². The molecule has 1 aliphatic heterocycles. The predicted octanol–water partition coefficient (Wildman–Crippen LogP) is 1.21. The van der Waals surface area contributed by atoms with Crippen LogP contribution in [0.3, 0.4) is 0 Å². The summed E-state index contributed by atoms with van der Waals surface area (Å²) in [5.41, 5.74) is 2.76. The maximum absolute atomic E-state index is 13.1. The van der Waals surface area contributed by atoms with Crippen molar-refractivity contribution in [2.75, 3.05) is 6.54 Å². The minimum atomic E-state index is -1.01. The summed E-state index contributed by atoms with van der Waals surface area (Å²) in [6.07, 6.45) is 4.57. The molecule has 4 heterocycles. The zero-order chi connectivity index (χ0) is 17.6. The number of fused-ring (bicyclic) bond motifs is 3. The molecule has 0 atom stereocenters. The summed E-state index contributed by atoms with van der Waals surface area (Å²) in [6, 6.07) is 3.78. The van der Waals surface area contributed by atoms with Gasteiger partial charge >= 0.3 is 6.09 Å². The van der Waals surface area contributed by atoms with Gasteiger partial charge in [0.05, 0.1) is 25.1 Å². The van der Waals surface area contributed by atoms with Crippen molar-refractivity contribution in [3.05, 3.63) is 58.0 Å². The summed E-state index contributed by atoms with van der Waals surface area (Å²) in [7, 11) is 1.87. The smallest absolute Gasteiger partial charge is 0.407 e. The summed E-state index contributed by atoms with van der Waals surface area (Å²) < 4.78 is 3.46. The second kappa shape index (κ2) is 5.73. The van der Waals surface area contributed by atoms with Gasteiger partial charge in [-0.1, -0.05) is 0 Å². The van der Waals surface area contributed by atoms with Gasteiger partial charge in [0, 0.05) is 36.9 Å². The van der Waals surface area contributed by atoms with Gasteiger partial charge in [-0.05, 0) is 24.1 Å². The summed E-state index contributed by atoms with van der Waals surface area (Å²) in [4.78, 5) is 34.2. The number of carboxylic acid groups (broad SMARTS) is 1. The van der Waals surface area contributed by atoms with E-state index in [1.807, 2.05) is 23.7 Å². The molecular weight excluding hydrogens is 322 g/mol. The van der Waals surface area contributed by atoms with Crippen LogP contribution in [0.1, 0.15) is 16.8 Å². The van der Waals surface area contributed by atoms with Crippen LogP contribution in [-0.4, -0.2) is 41.7 Å². The highest BCUT2D eigenvalue weighted by molar-refractivity contribution is 5.81. The van der Waals surface area contributed by atoms with Crippen LogP contribution in [0, 0.1) is 0 Å². The molecule has 8 nitrogen and oxygen atoms in total. The molecule has 4 rings (SSSR count). The van der Waals surface area contributed by atoms with E-state index in [1.165, 1.54) is 4.90 Å². The van der Waals surface area contributed by atoms with Crippen LogP contribution in [-0.2, 0) is 26.6 Å². The summed E-state index contributed by atoms with van der Waals surface area (Å²) in [5.74, 6) is 0. The quantitative estimate of drug-likeness (QED) is 0.757. The van der Waals surface area contributed by atoms with Crippen LogP contribution in [0.4, 0.5) is 4.79 Å². The molecule has 1 N–H and O–H groups in total. The Morgan fingerprint density at radius 2 is 2.20 bits per heavy atom. The van der Waals surface area contributed by atoms with Crippen molar-refractivity contribution < 1.29 is 9.90 Å². The van der Waals surface area contributed by atoms with E-state index in [4.69, 9.17) is 0 Å². The van der Waals surface area contributed by atoms with Gasteiger partial charge in [-0.3, -0.25) is 9.36 Å². The largest absolute Gasteiger partial charge is 0.465 e. The molecule has 128 valence electrons. The maximum atomic E-state index is 13.1. The molecule has 8 heteroatoms. The minimum Gasteiger partial charge on any atom is -0.465 e. The second-order valence-electron chi connectivity index (χ2n) is 6.17. The number of hydrogen-bond donors (Lipinski definition) is 1. The molecule has 0 bridgehead atoms. The van der Waals surface area contributed by atoms with Gasteiger partial charge in [-0.2, -0.15) is 0 Å². The van der Waals surface area contributed by atoms with Gasteiger partial charge < -0.3 is 14.6 Å². The first kappa shape index (κ1) is 15.4. The monoisotopic (exact) mass is 339 g/mol. The first-order chi connectivity index (χ1) is 12.1. The number of amides is 1. The average Bonchev–Trinajstić information content (AvgIpc) is 3.03. The molecule has 1 amide bonds. The lowest BCUT2D eigenvalue weighted by atomic mass is 9.97. The van der Waals surface area contributed by atoms with Crippen LogP contribution in [0.5, 0.6) is 0 Å². The van der Waals surface area contributed by atoms with Gasteiger partial charge in [0.2, 0.25) is 0 Å². The number of nitrogens with zero attached hydrogens (tertiary/aromatic N) is 5. The molecule has 0 fully saturated rings. The Morgan fingerprint density at radius 3 is 2.92 bits per heavy atom. The lowest BCUT2D eigenvalue weighted by Crippen LogP contribution is -2.40. The zero-order valence-corrected chi connectivity index (χ0v) is 13.7. The van der Waals surface area contributed by atoms with E-state index in [9.17, 15) is 14.7 Å². The van der Waals surface area contributed by atoms with E-state index in [-0.39, 0.29) is 12.1 Å². The van der Waals surface area contributed by atoms with Gasteiger partial charge in [0.15, 0.2) is 0 Å². The lowest BCUT2D eigenvalue weighted by molar-refractivity contribution is 0.139. The molecule has 0 spiro atoms. The first-order valence-corrected chi connectivity index (χ1v) is 7.98. The molecule has 0 unspecified atom stereocenters. The number of aromatic nitrogens is 4. The fourth-order valence-electron chi connectivity index (χ4n) is 3.37. The Kier molecular flexibility index (Phi) is 3.52. The highest BCUT2D eigenvalue weighted by atomic mass is 16.4. The minimum absolute atomic E-state index is 0.111. The van der Waals surface area contributed by atoms with Crippen LogP contribution in [0.15, 0.2) is 35.6 Å². The zero-order valence-electron chi connectivity index (χ0n) is 13.7. The SMILES string of the molecule is Cn1cncc1Cn1c(=O)c2c(c3cccnc31)CCN(C(=O)O)C2. The van der Waals surface area contributed by atoms with E-state index in [0.29, 0.717) is 30.7 Å². The van der Waals surface area contributed by atoms with Crippen molar-refractivity contribution in [1.82, 2.24) is 24.0 Å². The Bertz CT molecular complexity index is 1040. The third-order valence-electron chi connectivity index (χ3n) is 4.72. The fraction of sp³-hybridized carbons (Fsp3) is 0.294. The van der Waals surface area contributed by atoms with Gasteiger partial charge in [-0.15, -0.1) is 0 Å². The fourth-order valence-corrected chi connectivity index (χ4v) is 3.37. The molecule has 0 aliphatic carbocycles. The number of imidazole rings is 1. The Balaban J connectivity index is 1.94. The normalized spacial score (nSPS) is 13.9.